The van der Waals surface area contributed by atoms with Gasteiger partial charge in [0, 0.05) is 0 Å². The first kappa shape index (κ1) is 17.8. The number of benzene rings is 3. The predicted molar refractivity (Wildman–Crippen MR) is 94.4 cm³/mol. The molecule has 0 bridgehead atoms. The minimum absolute atomic E-state index is 0. The maximum absolute atomic E-state index is 9.58. The maximum Gasteiger partial charge on any atom is -1.00 e. The number of rotatable bonds is 4. The second kappa shape index (κ2) is 8.34. The summed E-state index contributed by atoms with van der Waals surface area (Å²) in [5.41, 5.74) is 0. The molecule has 3 aromatic rings. The summed E-state index contributed by atoms with van der Waals surface area (Å²) in [5, 5.41) is 10.2. The van der Waals surface area contributed by atoms with Gasteiger partial charge in [-0.1, -0.05) is 0 Å². The van der Waals surface area contributed by atoms with E-state index in [0.717, 1.165) is 0 Å². The average Bonchev–Trinajstić information content (AvgIpc) is 2.62. The first-order valence-electron chi connectivity index (χ1n) is 7.30. The molecule has 0 aliphatic rings. The minimum Gasteiger partial charge on any atom is -1.00 e. The molecule has 1 nitrogen and oxygen atoms in total. The van der Waals surface area contributed by atoms with E-state index in [4.69, 9.17) is 0 Å². The first-order chi connectivity index (χ1) is 10.9. The Bertz CT molecular complexity index is 670. The van der Waals surface area contributed by atoms with E-state index in [2.05, 4.69) is 78.9 Å². The van der Waals surface area contributed by atoms with Gasteiger partial charge >= 0.3 is 134 Å². The zero-order valence-electron chi connectivity index (χ0n) is 12.6. The summed E-state index contributed by atoms with van der Waals surface area (Å²) >= 11 is -2.73. The number of halogens is 1. The van der Waals surface area contributed by atoms with Crippen LogP contribution in [0.5, 0.6) is 0 Å². The van der Waals surface area contributed by atoms with Crippen LogP contribution in [0.1, 0.15) is 0 Å². The molecule has 0 N–H and O–H groups in total. The van der Waals surface area contributed by atoms with Crippen molar-refractivity contribution < 1.29 is 24.0 Å². The van der Waals surface area contributed by atoms with Crippen LogP contribution in [0.3, 0.4) is 0 Å². The van der Waals surface area contributed by atoms with Crippen LogP contribution in [0.4, 0.5) is 0 Å². The summed E-state index contributed by atoms with van der Waals surface area (Å²) in [7, 11) is 0. The molecule has 0 fully saturated rings. The van der Waals surface area contributed by atoms with E-state index in [-0.39, 0.29) is 24.0 Å². The average molecular weight is 473 g/mol. The SMILES string of the molecule is N#CC[As+](c1ccccc1)(c1ccccc1)c1ccccc1.[I-]. The van der Waals surface area contributed by atoms with Crippen molar-refractivity contribution in [3.8, 4) is 6.07 Å². The Morgan fingerprint density at radius 2 is 0.913 bits per heavy atom. The molecule has 114 valence electrons. The summed E-state index contributed by atoms with van der Waals surface area (Å²) in [6, 6.07) is 34.2. The Balaban J connectivity index is 0.00000192. The molecular formula is C20H17AsIN. The Kier molecular flexibility index (Phi) is 6.45. The van der Waals surface area contributed by atoms with Crippen LogP contribution in [0, 0.1) is 11.3 Å². The van der Waals surface area contributed by atoms with Crippen molar-refractivity contribution in [3.63, 3.8) is 0 Å². The molecule has 23 heavy (non-hydrogen) atoms. The van der Waals surface area contributed by atoms with Gasteiger partial charge in [0.25, 0.3) is 0 Å². The fourth-order valence-corrected chi connectivity index (χ4v) is 10.6. The molecule has 0 aliphatic heterocycles. The van der Waals surface area contributed by atoms with Crippen molar-refractivity contribution in [1.29, 1.82) is 5.26 Å². The van der Waals surface area contributed by atoms with E-state index in [0.29, 0.717) is 5.21 Å². The van der Waals surface area contributed by atoms with Gasteiger partial charge in [0.2, 0.25) is 0 Å². The Hall–Kier alpha value is -1.56. The fraction of sp³-hybridized carbons (Fsp3) is 0.0500. The topological polar surface area (TPSA) is 23.8 Å². The quantitative estimate of drug-likeness (QED) is 0.377. The van der Waals surface area contributed by atoms with Gasteiger partial charge in [0.05, 0.1) is 0 Å². The molecule has 0 atom stereocenters. The molecule has 0 aliphatic carbocycles. The van der Waals surface area contributed by atoms with Crippen molar-refractivity contribution in [2.45, 2.75) is 5.21 Å². The molecule has 3 heteroatoms. The van der Waals surface area contributed by atoms with E-state index < -0.39 is 13.6 Å². The molecule has 3 rings (SSSR count). The summed E-state index contributed by atoms with van der Waals surface area (Å²) in [4.78, 5) is 0. The van der Waals surface area contributed by atoms with Crippen LogP contribution in [0.2, 0.25) is 5.21 Å². The second-order valence-electron chi connectivity index (χ2n) is 5.13. The fourth-order valence-electron chi connectivity index (χ4n) is 2.87. The standard InChI is InChI=1S/C20H17AsN.HI/c22-17-16-21(18-10-4-1-5-11-18,19-12-6-2-7-13-19)20-14-8-3-9-15-20;/h1-15H,16H2;1H/q+1;/p-1. The van der Waals surface area contributed by atoms with E-state index in [9.17, 15) is 5.26 Å². The van der Waals surface area contributed by atoms with Crippen molar-refractivity contribution in [2.24, 2.45) is 0 Å². The summed E-state index contributed by atoms with van der Waals surface area (Å²) in [6.45, 7) is 0. The molecule has 0 amide bonds. The van der Waals surface area contributed by atoms with E-state index in [1.54, 1.807) is 0 Å². The van der Waals surface area contributed by atoms with Crippen LogP contribution in [-0.4, -0.2) is 13.6 Å². The molecule has 0 heterocycles. The van der Waals surface area contributed by atoms with E-state index >= 15 is 0 Å². The molecule has 0 unspecified atom stereocenters. The monoisotopic (exact) mass is 473 g/mol. The zero-order valence-corrected chi connectivity index (χ0v) is 16.7. The molecule has 0 radical (unpaired) electrons. The van der Waals surface area contributed by atoms with Crippen LogP contribution >= 0.6 is 0 Å². The number of nitriles is 1. The van der Waals surface area contributed by atoms with Gasteiger partial charge in [-0.15, -0.1) is 0 Å². The van der Waals surface area contributed by atoms with Crippen LogP contribution < -0.4 is 37.0 Å². The molecule has 0 saturated heterocycles. The van der Waals surface area contributed by atoms with Gasteiger partial charge in [0.15, 0.2) is 0 Å². The summed E-state index contributed by atoms with van der Waals surface area (Å²) < 4.78 is 3.96. The van der Waals surface area contributed by atoms with Crippen molar-refractivity contribution in [2.75, 3.05) is 0 Å². The number of nitrogens with zero attached hydrogens (tertiary/aromatic N) is 1. The van der Waals surface area contributed by atoms with Crippen LogP contribution in [0.25, 0.3) is 0 Å². The van der Waals surface area contributed by atoms with Gasteiger partial charge in [-0.2, -0.15) is 0 Å². The van der Waals surface area contributed by atoms with Gasteiger partial charge in [0.1, 0.15) is 0 Å². The number of hydrogen-bond donors (Lipinski definition) is 0. The Labute approximate surface area is 157 Å². The molecular weight excluding hydrogens is 456 g/mol. The largest absolute Gasteiger partial charge is 1.00 e. The van der Waals surface area contributed by atoms with Crippen molar-refractivity contribution >= 4 is 26.6 Å². The predicted octanol–water partition coefficient (Wildman–Crippen LogP) is -0.316. The van der Waals surface area contributed by atoms with Gasteiger partial charge in [-0.05, 0) is 0 Å². The summed E-state index contributed by atoms with van der Waals surface area (Å²) in [6.07, 6.45) is 0. The van der Waals surface area contributed by atoms with Gasteiger partial charge in [-0.3, -0.25) is 0 Å². The van der Waals surface area contributed by atoms with E-state index in [1.807, 2.05) is 18.2 Å². The zero-order chi connectivity index (χ0) is 15.3. The first-order valence-corrected chi connectivity index (χ1v) is 11.4. The van der Waals surface area contributed by atoms with Gasteiger partial charge < -0.3 is 24.0 Å². The normalized spacial score (nSPS) is 10.4. The molecule has 0 spiro atoms. The third-order valence-electron chi connectivity index (χ3n) is 3.90. The van der Waals surface area contributed by atoms with Crippen LogP contribution in [0.15, 0.2) is 91.0 Å². The maximum atomic E-state index is 9.58. The third-order valence-corrected chi connectivity index (χ3v) is 12.6. The van der Waals surface area contributed by atoms with Crippen molar-refractivity contribution in [3.05, 3.63) is 91.0 Å². The van der Waals surface area contributed by atoms with Crippen LogP contribution in [-0.2, 0) is 0 Å². The van der Waals surface area contributed by atoms with Gasteiger partial charge in [-0.25, -0.2) is 0 Å². The third kappa shape index (κ3) is 3.52. The Morgan fingerprint density at radius 1 is 0.609 bits per heavy atom. The van der Waals surface area contributed by atoms with Crippen molar-refractivity contribution in [1.82, 2.24) is 0 Å². The Morgan fingerprint density at radius 3 is 1.17 bits per heavy atom. The molecule has 0 aromatic heterocycles. The second-order valence-corrected chi connectivity index (χ2v) is 12.4. The number of hydrogen-bond acceptors (Lipinski definition) is 1. The molecule has 3 aromatic carbocycles. The molecule has 0 saturated carbocycles. The van der Waals surface area contributed by atoms with E-state index in [1.165, 1.54) is 13.1 Å². The minimum atomic E-state index is -2.73. The summed E-state index contributed by atoms with van der Waals surface area (Å²) in [5.74, 6) is 0. The smallest absolute Gasteiger partial charge is 1.00 e.